The normalized spacial score (nSPS) is 10.4. The summed E-state index contributed by atoms with van der Waals surface area (Å²) in [5.74, 6) is 1.63. The van der Waals surface area contributed by atoms with Gasteiger partial charge >= 0.3 is 0 Å². The van der Waals surface area contributed by atoms with Gasteiger partial charge < -0.3 is 9.47 Å². The molecule has 94 valence electrons. The van der Waals surface area contributed by atoms with Gasteiger partial charge in [0.15, 0.2) is 5.78 Å². The maximum absolute atomic E-state index is 11.6. The topological polar surface area (TPSA) is 51.0 Å². The summed E-state index contributed by atoms with van der Waals surface area (Å²) >= 11 is 0. The first-order valence-corrected chi connectivity index (χ1v) is 5.73. The van der Waals surface area contributed by atoms with Crippen molar-refractivity contribution in [2.24, 2.45) is 7.05 Å². The summed E-state index contributed by atoms with van der Waals surface area (Å²) in [6.07, 6.45) is 5.34. The number of hydrogen-bond acceptors (Lipinski definition) is 4. The average molecular weight is 244 g/mol. The standard InChI is InChI=1S/C13H16N4O/c1-10(18)11-5-4-6-15-13(11)17(3)9-12-14-7-8-16(12)2/h4-8H,9H2,1-3H3. The van der Waals surface area contributed by atoms with E-state index in [1.54, 1.807) is 31.5 Å². The minimum atomic E-state index is 0.0183. The highest BCUT2D eigenvalue weighted by Crippen LogP contribution is 2.17. The van der Waals surface area contributed by atoms with E-state index in [2.05, 4.69) is 9.97 Å². The number of aromatic nitrogens is 3. The molecule has 0 saturated heterocycles. The molecule has 0 unspecified atom stereocenters. The number of pyridine rings is 1. The average Bonchev–Trinajstić information content (AvgIpc) is 2.75. The van der Waals surface area contributed by atoms with Gasteiger partial charge in [0.25, 0.3) is 0 Å². The zero-order valence-electron chi connectivity index (χ0n) is 10.8. The maximum atomic E-state index is 11.6. The Labute approximate surface area is 106 Å². The summed E-state index contributed by atoms with van der Waals surface area (Å²) in [4.78, 5) is 22.0. The third-order valence-electron chi connectivity index (χ3n) is 2.83. The van der Waals surface area contributed by atoms with Crippen molar-refractivity contribution in [2.75, 3.05) is 11.9 Å². The van der Waals surface area contributed by atoms with Crippen molar-refractivity contribution in [3.63, 3.8) is 0 Å². The van der Waals surface area contributed by atoms with Crippen molar-refractivity contribution in [1.82, 2.24) is 14.5 Å². The lowest BCUT2D eigenvalue weighted by molar-refractivity contribution is 0.101. The van der Waals surface area contributed by atoms with E-state index in [1.165, 1.54) is 0 Å². The second-order valence-corrected chi connectivity index (χ2v) is 4.24. The highest BCUT2D eigenvalue weighted by atomic mass is 16.1. The van der Waals surface area contributed by atoms with Gasteiger partial charge in [0.2, 0.25) is 0 Å². The molecule has 0 saturated carbocycles. The van der Waals surface area contributed by atoms with Crippen molar-refractivity contribution in [3.8, 4) is 0 Å². The maximum Gasteiger partial charge on any atom is 0.163 e. The number of anilines is 1. The molecule has 0 aliphatic rings. The van der Waals surface area contributed by atoms with Gasteiger partial charge in [0.05, 0.1) is 12.1 Å². The van der Waals surface area contributed by atoms with Crippen molar-refractivity contribution in [3.05, 3.63) is 42.1 Å². The Morgan fingerprint density at radius 1 is 1.39 bits per heavy atom. The number of hydrogen-bond donors (Lipinski definition) is 0. The van der Waals surface area contributed by atoms with Crippen LogP contribution in [0.25, 0.3) is 0 Å². The highest BCUT2D eigenvalue weighted by Gasteiger charge is 2.13. The molecular weight excluding hydrogens is 228 g/mol. The lowest BCUT2D eigenvalue weighted by Crippen LogP contribution is -2.22. The SMILES string of the molecule is CC(=O)c1cccnc1N(C)Cc1nccn1C. The van der Waals surface area contributed by atoms with Crippen LogP contribution in [0.1, 0.15) is 23.1 Å². The molecule has 2 rings (SSSR count). The van der Waals surface area contributed by atoms with Crippen LogP contribution in [0.4, 0.5) is 5.82 Å². The third-order valence-corrected chi connectivity index (χ3v) is 2.83. The predicted molar refractivity (Wildman–Crippen MR) is 69.6 cm³/mol. The summed E-state index contributed by atoms with van der Waals surface area (Å²) in [5.41, 5.74) is 0.634. The van der Waals surface area contributed by atoms with E-state index in [1.807, 2.05) is 29.8 Å². The predicted octanol–water partition coefficient (Wildman–Crippen LogP) is 1.65. The second-order valence-electron chi connectivity index (χ2n) is 4.24. The fraction of sp³-hybridized carbons (Fsp3) is 0.308. The van der Waals surface area contributed by atoms with E-state index in [-0.39, 0.29) is 5.78 Å². The number of nitrogens with zero attached hydrogens (tertiary/aromatic N) is 4. The van der Waals surface area contributed by atoms with Gasteiger partial charge in [0.1, 0.15) is 11.6 Å². The van der Waals surface area contributed by atoms with E-state index in [4.69, 9.17) is 0 Å². The number of imidazole rings is 1. The highest BCUT2D eigenvalue weighted by molar-refractivity contribution is 5.98. The molecule has 5 heteroatoms. The van der Waals surface area contributed by atoms with Gasteiger partial charge in [-0.3, -0.25) is 4.79 Å². The van der Waals surface area contributed by atoms with Crippen molar-refractivity contribution >= 4 is 11.6 Å². The van der Waals surface area contributed by atoms with Gasteiger partial charge in [-0.25, -0.2) is 9.97 Å². The van der Waals surface area contributed by atoms with Crippen LogP contribution < -0.4 is 4.90 Å². The Morgan fingerprint density at radius 2 is 2.17 bits per heavy atom. The fourth-order valence-corrected chi connectivity index (χ4v) is 1.81. The second kappa shape index (κ2) is 5.00. The van der Waals surface area contributed by atoms with Crippen LogP contribution in [-0.2, 0) is 13.6 Å². The van der Waals surface area contributed by atoms with E-state index in [0.29, 0.717) is 17.9 Å². The summed E-state index contributed by atoms with van der Waals surface area (Å²) in [6.45, 7) is 2.16. The number of rotatable bonds is 4. The molecule has 5 nitrogen and oxygen atoms in total. The summed E-state index contributed by atoms with van der Waals surface area (Å²) in [6, 6.07) is 3.56. The van der Waals surface area contributed by atoms with Gasteiger partial charge in [-0.2, -0.15) is 0 Å². The molecule has 2 heterocycles. The molecule has 0 fully saturated rings. The zero-order chi connectivity index (χ0) is 13.1. The van der Waals surface area contributed by atoms with Gasteiger partial charge in [-0.1, -0.05) is 0 Å². The summed E-state index contributed by atoms with van der Waals surface area (Å²) in [7, 11) is 3.85. The van der Waals surface area contributed by atoms with Crippen LogP contribution in [0.2, 0.25) is 0 Å². The number of ketones is 1. The quantitative estimate of drug-likeness (QED) is 0.767. The Bertz CT molecular complexity index is 562. The van der Waals surface area contributed by atoms with Gasteiger partial charge in [-0.15, -0.1) is 0 Å². The Hall–Kier alpha value is -2.17. The van der Waals surface area contributed by atoms with Crippen molar-refractivity contribution in [1.29, 1.82) is 0 Å². The third kappa shape index (κ3) is 2.40. The number of aryl methyl sites for hydroxylation is 1. The van der Waals surface area contributed by atoms with Crippen LogP contribution in [0.15, 0.2) is 30.7 Å². The molecule has 2 aromatic rings. The first-order valence-electron chi connectivity index (χ1n) is 5.73. The molecule has 2 aromatic heterocycles. The summed E-state index contributed by atoms with van der Waals surface area (Å²) in [5, 5.41) is 0. The smallest absolute Gasteiger partial charge is 0.163 e. The molecule has 0 bridgehead atoms. The lowest BCUT2D eigenvalue weighted by Gasteiger charge is -2.19. The molecule has 0 radical (unpaired) electrons. The van der Waals surface area contributed by atoms with Crippen LogP contribution >= 0.6 is 0 Å². The minimum Gasteiger partial charge on any atom is -0.352 e. The lowest BCUT2D eigenvalue weighted by atomic mass is 10.2. The van der Waals surface area contributed by atoms with E-state index in [9.17, 15) is 4.79 Å². The summed E-state index contributed by atoms with van der Waals surface area (Å²) < 4.78 is 1.95. The number of Topliss-reactive ketones (excluding diaryl/α,β-unsaturated/α-hetero) is 1. The molecular formula is C13H16N4O. The minimum absolute atomic E-state index is 0.0183. The van der Waals surface area contributed by atoms with Crippen LogP contribution in [0.3, 0.4) is 0 Å². The van der Waals surface area contributed by atoms with Gasteiger partial charge in [-0.05, 0) is 19.1 Å². The van der Waals surface area contributed by atoms with Crippen molar-refractivity contribution < 1.29 is 4.79 Å². The first kappa shape index (κ1) is 12.3. The number of carbonyl (C=O) groups is 1. The fourth-order valence-electron chi connectivity index (χ4n) is 1.81. The first-order chi connectivity index (χ1) is 8.59. The molecule has 0 atom stereocenters. The molecule has 0 aliphatic carbocycles. The van der Waals surface area contributed by atoms with E-state index < -0.39 is 0 Å². The van der Waals surface area contributed by atoms with E-state index >= 15 is 0 Å². The molecule has 0 amide bonds. The molecule has 0 N–H and O–H groups in total. The Kier molecular flexibility index (Phi) is 3.41. The zero-order valence-corrected chi connectivity index (χ0v) is 10.8. The molecule has 18 heavy (non-hydrogen) atoms. The van der Waals surface area contributed by atoms with Crippen molar-refractivity contribution in [2.45, 2.75) is 13.5 Å². The van der Waals surface area contributed by atoms with Gasteiger partial charge in [0, 0.05) is 32.7 Å². The molecule has 0 aromatic carbocycles. The Morgan fingerprint density at radius 3 is 2.78 bits per heavy atom. The van der Waals surface area contributed by atoms with E-state index in [0.717, 1.165) is 5.82 Å². The largest absolute Gasteiger partial charge is 0.352 e. The monoisotopic (exact) mass is 244 g/mol. The molecule has 0 spiro atoms. The molecule has 0 aliphatic heterocycles. The Balaban J connectivity index is 2.26. The number of carbonyl (C=O) groups excluding carboxylic acids is 1. The van der Waals surface area contributed by atoms with Crippen LogP contribution in [0.5, 0.6) is 0 Å². The van der Waals surface area contributed by atoms with Crippen LogP contribution in [0, 0.1) is 0 Å². The van der Waals surface area contributed by atoms with Crippen LogP contribution in [-0.4, -0.2) is 27.4 Å².